The number of nitrogens with zero attached hydrogens (tertiary/aromatic N) is 1. The number of benzene rings is 2. The molecule has 1 amide bonds. The minimum absolute atomic E-state index is 0.0299. The Morgan fingerprint density at radius 3 is 2.31 bits per heavy atom. The minimum atomic E-state index is -1.18. The monoisotopic (exact) mass is 594 g/mol. The number of hydrogen-bond acceptors (Lipinski definition) is 6. The van der Waals surface area contributed by atoms with Gasteiger partial charge in [0, 0.05) is 31.3 Å². The molecule has 42 heavy (non-hydrogen) atoms. The first-order valence-electron chi connectivity index (χ1n) is 13.1. The van der Waals surface area contributed by atoms with Gasteiger partial charge >= 0.3 is 5.97 Å². The number of ether oxygens (including phenoxy) is 2. The maximum atomic E-state index is 12.7. The first-order chi connectivity index (χ1) is 20.0. The lowest BCUT2D eigenvalue weighted by atomic mass is 10.0. The van der Waals surface area contributed by atoms with Gasteiger partial charge in [-0.25, -0.2) is 4.79 Å². The van der Waals surface area contributed by atoms with E-state index in [1.54, 1.807) is 45.4 Å². The number of aldehydes is 1. The Balaban J connectivity index is 0.00000132. The molecule has 0 spiro atoms. The van der Waals surface area contributed by atoms with Crippen molar-refractivity contribution in [2.24, 2.45) is 5.73 Å². The summed E-state index contributed by atoms with van der Waals surface area (Å²) >= 11 is 6.08. The molecule has 0 atom stereocenters. The summed E-state index contributed by atoms with van der Waals surface area (Å²) < 4.78 is 10.4. The maximum absolute atomic E-state index is 12.7. The van der Waals surface area contributed by atoms with Crippen LogP contribution in [-0.2, 0) is 9.47 Å². The summed E-state index contributed by atoms with van der Waals surface area (Å²) in [5, 5.41) is 9.84. The molecule has 8 nitrogen and oxygen atoms in total. The van der Waals surface area contributed by atoms with E-state index >= 15 is 0 Å². The van der Waals surface area contributed by atoms with E-state index in [1.807, 2.05) is 44.2 Å². The van der Waals surface area contributed by atoms with Gasteiger partial charge in [0.05, 0.1) is 23.4 Å². The van der Waals surface area contributed by atoms with Crippen molar-refractivity contribution in [3.05, 3.63) is 124 Å². The lowest BCUT2D eigenvalue weighted by Crippen LogP contribution is -2.28. The van der Waals surface area contributed by atoms with Gasteiger partial charge in [-0.3, -0.25) is 9.59 Å². The van der Waals surface area contributed by atoms with Gasteiger partial charge in [-0.1, -0.05) is 48.5 Å². The highest BCUT2D eigenvalue weighted by Gasteiger charge is 2.17. The van der Waals surface area contributed by atoms with Gasteiger partial charge in [-0.15, -0.1) is 0 Å². The molecule has 0 bridgehead atoms. The summed E-state index contributed by atoms with van der Waals surface area (Å²) in [4.78, 5) is 36.6. The highest BCUT2D eigenvalue weighted by molar-refractivity contribution is 6.31. The smallest absolute Gasteiger partial charge is 0.335 e. The highest BCUT2D eigenvalue weighted by Crippen LogP contribution is 2.23. The fraction of sp³-hybridized carbons (Fsp3) is 0.242. The highest BCUT2D eigenvalue weighted by atomic mass is 35.5. The largest absolute Gasteiger partial charge is 0.488 e. The van der Waals surface area contributed by atoms with Crippen LogP contribution in [0.1, 0.15) is 56.0 Å². The van der Waals surface area contributed by atoms with E-state index in [1.165, 1.54) is 23.1 Å². The Morgan fingerprint density at radius 1 is 1.07 bits per heavy atom. The number of allylic oxidation sites excluding steroid dienone is 4. The lowest BCUT2D eigenvalue weighted by molar-refractivity contribution is 0.0696. The quantitative estimate of drug-likeness (QED) is 0.118. The zero-order valence-electron chi connectivity index (χ0n) is 24.7. The summed E-state index contributed by atoms with van der Waals surface area (Å²) in [6.45, 7) is 10.9. The molecule has 0 unspecified atom stereocenters. The molecule has 9 heteroatoms. The Bertz CT molecular complexity index is 1370. The Labute approximate surface area is 253 Å². The van der Waals surface area contributed by atoms with Gasteiger partial charge in [0.25, 0.3) is 5.91 Å². The van der Waals surface area contributed by atoms with Gasteiger partial charge < -0.3 is 25.2 Å². The zero-order chi connectivity index (χ0) is 31.7. The molecule has 2 rings (SSSR count). The van der Waals surface area contributed by atoms with Gasteiger partial charge in [-0.05, 0) is 80.0 Å². The van der Waals surface area contributed by atoms with Crippen LogP contribution in [0.15, 0.2) is 90.9 Å². The van der Waals surface area contributed by atoms with E-state index in [2.05, 4.69) is 6.58 Å². The van der Waals surface area contributed by atoms with Crippen molar-refractivity contribution < 1.29 is 29.0 Å². The molecular weight excluding hydrogens is 556 g/mol. The molecule has 0 aliphatic heterocycles. The van der Waals surface area contributed by atoms with Gasteiger partial charge in [-0.2, -0.15) is 0 Å². The molecule has 0 aliphatic carbocycles. The topological polar surface area (TPSA) is 119 Å². The number of carbonyl (C=O) groups is 3. The third kappa shape index (κ3) is 11.6. The van der Waals surface area contributed by atoms with E-state index in [-0.39, 0.29) is 29.8 Å². The third-order valence-electron chi connectivity index (χ3n) is 5.79. The number of halogens is 1. The summed E-state index contributed by atoms with van der Waals surface area (Å²) in [5.74, 6) is -1.17. The van der Waals surface area contributed by atoms with Crippen molar-refractivity contribution in [2.45, 2.75) is 20.8 Å². The van der Waals surface area contributed by atoms with Gasteiger partial charge in [0.2, 0.25) is 0 Å². The number of likely N-dealkylation sites (N-methyl/N-ethyl adjacent to an activating group) is 1. The van der Waals surface area contributed by atoms with Crippen LogP contribution in [-0.4, -0.2) is 62.1 Å². The fourth-order valence-corrected chi connectivity index (χ4v) is 3.53. The van der Waals surface area contributed by atoms with Crippen molar-refractivity contribution in [1.82, 2.24) is 4.90 Å². The average Bonchev–Trinajstić information content (AvgIpc) is 2.98. The van der Waals surface area contributed by atoms with E-state index in [0.717, 1.165) is 17.7 Å². The molecule has 3 N–H and O–H groups in total. The SMILES string of the molecule is C/C=C\COC.C=C(/C=C(N)\C(=C/C)OC/C=C/CN(C)C(=O)c1cc(C(=O)O)ccc1C=O)c1ccc(Cl)c(C)c1. The van der Waals surface area contributed by atoms with E-state index < -0.39 is 11.9 Å². The van der Waals surface area contributed by atoms with Crippen LogP contribution in [0.5, 0.6) is 0 Å². The van der Waals surface area contributed by atoms with Crippen molar-refractivity contribution in [3.63, 3.8) is 0 Å². The van der Waals surface area contributed by atoms with Crippen molar-refractivity contribution >= 4 is 35.3 Å². The molecular formula is C33H39ClN2O6. The molecule has 0 saturated heterocycles. The number of carbonyl (C=O) groups excluding carboxylic acids is 2. The lowest BCUT2D eigenvalue weighted by Gasteiger charge is -2.16. The van der Waals surface area contributed by atoms with Crippen molar-refractivity contribution in [2.75, 3.05) is 33.9 Å². The predicted molar refractivity (Wildman–Crippen MR) is 169 cm³/mol. The molecule has 0 aliphatic rings. The summed E-state index contributed by atoms with van der Waals surface area (Å²) in [5.41, 5.74) is 9.25. The number of carboxylic acid groups (broad SMARTS) is 1. The molecule has 0 saturated carbocycles. The average molecular weight is 595 g/mol. The zero-order valence-corrected chi connectivity index (χ0v) is 25.5. The van der Waals surface area contributed by atoms with E-state index in [4.69, 9.17) is 31.9 Å². The molecule has 2 aromatic carbocycles. The molecule has 0 heterocycles. The molecule has 224 valence electrons. The molecule has 0 radical (unpaired) electrons. The van der Waals surface area contributed by atoms with Gasteiger partial charge in [0.15, 0.2) is 6.29 Å². The van der Waals surface area contributed by atoms with E-state index in [0.29, 0.717) is 28.3 Å². The standard InChI is InChI=1S/C28H29ClN2O5.C5H10O/c1-5-26(25(30)15-18(2)20-10-11-24(29)19(3)14-20)36-13-7-6-12-31(4)27(33)23-16-21(28(34)35)8-9-22(23)17-32;1-3-4-5-6-2/h5-11,14-17H,2,12-13,30H2,1,3-4H3,(H,34,35);3-4H,5H2,1-2H3/b7-6+,25-15+,26-5+;4-3-. The van der Waals surface area contributed by atoms with Crippen molar-refractivity contribution in [3.8, 4) is 0 Å². The maximum Gasteiger partial charge on any atom is 0.335 e. The number of carboxylic acids is 1. The second-order valence-corrected chi connectivity index (χ2v) is 9.37. The van der Waals surface area contributed by atoms with Crippen LogP contribution in [0.4, 0.5) is 0 Å². The van der Waals surface area contributed by atoms with E-state index in [9.17, 15) is 14.4 Å². The minimum Gasteiger partial charge on any atom is -0.488 e. The second-order valence-electron chi connectivity index (χ2n) is 8.96. The summed E-state index contributed by atoms with van der Waals surface area (Å²) in [6.07, 6.45) is 11.4. The van der Waals surface area contributed by atoms with Crippen LogP contribution in [0.3, 0.4) is 0 Å². The van der Waals surface area contributed by atoms with Crippen LogP contribution < -0.4 is 5.73 Å². The van der Waals surface area contributed by atoms with Crippen molar-refractivity contribution in [1.29, 1.82) is 0 Å². The number of hydrogen-bond donors (Lipinski definition) is 2. The molecule has 0 fully saturated rings. The van der Waals surface area contributed by atoms with Crippen LogP contribution >= 0.6 is 11.6 Å². The Morgan fingerprint density at radius 2 is 1.76 bits per heavy atom. The fourth-order valence-electron chi connectivity index (χ4n) is 3.42. The van der Waals surface area contributed by atoms with Crippen LogP contribution in [0.2, 0.25) is 5.02 Å². The molecule has 0 aromatic heterocycles. The van der Waals surface area contributed by atoms with Crippen LogP contribution in [0.25, 0.3) is 5.57 Å². The first-order valence-corrected chi connectivity index (χ1v) is 13.4. The Kier molecular flexibility index (Phi) is 16.0. The number of nitrogens with two attached hydrogens (primary N) is 1. The summed E-state index contributed by atoms with van der Waals surface area (Å²) in [7, 11) is 3.23. The Hall–Kier alpha value is -4.40. The summed E-state index contributed by atoms with van der Waals surface area (Å²) in [6, 6.07) is 9.41. The molecule has 2 aromatic rings. The number of aryl methyl sites for hydroxylation is 1. The number of rotatable bonds is 13. The second kappa shape index (κ2) is 18.9. The predicted octanol–water partition coefficient (Wildman–Crippen LogP) is 6.47. The normalized spacial score (nSPS) is 11.7. The third-order valence-corrected chi connectivity index (χ3v) is 6.21. The van der Waals surface area contributed by atoms with Crippen LogP contribution in [0, 0.1) is 6.92 Å². The number of amides is 1. The number of aromatic carboxylic acids is 1. The number of methoxy groups -OCH3 is 1. The van der Waals surface area contributed by atoms with Gasteiger partial charge in [0.1, 0.15) is 12.4 Å². The first kappa shape index (κ1) is 35.6.